The lowest BCUT2D eigenvalue weighted by Crippen LogP contribution is -2.62. The van der Waals surface area contributed by atoms with E-state index in [1.807, 2.05) is 48.5 Å². The molecule has 3 heterocycles. The molecule has 180 valence electrons. The van der Waals surface area contributed by atoms with E-state index in [9.17, 15) is 9.59 Å². The summed E-state index contributed by atoms with van der Waals surface area (Å²) >= 11 is 0. The number of benzene rings is 2. The van der Waals surface area contributed by atoms with Gasteiger partial charge < -0.3 is 25.6 Å². The van der Waals surface area contributed by atoms with Gasteiger partial charge in [0.25, 0.3) is 5.91 Å². The number of pyridine rings is 1. The lowest BCUT2D eigenvalue weighted by Gasteiger charge is -2.53. The zero-order chi connectivity index (χ0) is 24.3. The highest BCUT2D eigenvalue weighted by Crippen LogP contribution is 2.41. The van der Waals surface area contributed by atoms with Crippen LogP contribution in [0, 0.1) is 5.41 Å². The Morgan fingerprint density at radius 1 is 0.971 bits per heavy atom. The third-order valence-electron chi connectivity index (χ3n) is 6.88. The number of carbonyl (C=O) groups is 2. The number of hydrogen-bond acceptors (Lipinski definition) is 6. The van der Waals surface area contributed by atoms with Gasteiger partial charge in [-0.2, -0.15) is 0 Å². The molecule has 0 aliphatic carbocycles. The molecule has 35 heavy (non-hydrogen) atoms. The van der Waals surface area contributed by atoms with Gasteiger partial charge in [0.2, 0.25) is 0 Å². The van der Waals surface area contributed by atoms with Crippen molar-refractivity contribution in [3.8, 4) is 0 Å². The molecule has 2 aliphatic heterocycles. The number of aromatic nitrogens is 1. The topological polar surface area (TPSA) is 101 Å². The van der Waals surface area contributed by atoms with Gasteiger partial charge in [0.1, 0.15) is 12.4 Å². The summed E-state index contributed by atoms with van der Waals surface area (Å²) in [5.41, 5.74) is 8.65. The number of likely N-dealkylation sites (tertiary alicyclic amines) is 1. The Kier molecular flexibility index (Phi) is 6.27. The van der Waals surface area contributed by atoms with Gasteiger partial charge in [-0.05, 0) is 42.7 Å². The first kappa shape index (κ1) is 22.7. The summed E-state index contributed by atoms with van der Waals surface area (Å²) in [6, 6.07) is 20.6. The summed E-state index contributed by atoms with van der Waals surface area (Å²) in [4.78, 5) is 33.5. The number of piperidine rings is 1. The molecule has 2 amide bonds. The van der Waals surface area contributed by atoms with Gasteiger partial charge >= 0.3 is 6.09 Å². The normalized spacial score (nSPS) is 16.5. The first-order valence-electron chi connectivity index (χ1n) is 11.8. The average Bonchev–Trinajstić information content (AvgIpc) is 2.88. The molecule has 8 heteroatoms. The number of anilines is 3. The van der Waals surface area contributed by atoms with Crippen molar-refractivity contribution >= 4 is 29.2 Å². The molecule has 1 aromatic heterocycles. The van der Waals surface area contributed by atoms with Crippen molar-refractivity contribution in [3.63, 3.8) is 0 Å². The molecule has 2 fully saturated rings. The summed E-state index contributed by atoms with van der Waals surface area (Å²) in [5.74, 6) is 0.613. The van der Waals surface area contributed by atoms with E-state index in [0.717, 1.165) is 50.4 Å². The Hall–Kier alpha value is -4.07. The maximum Gasteiger partial charge on any atom is 0.410 e. The van der Waals surface area contributed by atoms with Gasteiger partial charge in [-0.1, -0.05) is 42.5 Å². The smallest absolute Gasteiger partial charge is 0.410 e. The molecule has 2 aliphatic rings. The van der Waals surface area contributed by atoms with Crippen molar-refractivity contribution in [1.82, 2.24) is 9.88 Å². The Morgan fingerprint density at radius 3 is 2.37 bits per heavy atom. The number of amides is 2. The third-order valence-corrected chi connectivity index (χ3v) is 6.88. The van der Waals surface area contributed by atoms with Gasteiger partial charge in [0, 0.05) is 37.8 Å². The highest BCUT2D eigenvalue weighted by Gasteiger charge is 2.47. The fraction of sp³-hybridized carbons (Fsp3) is 0.296. The van der Waals surface area contributed by atoms with E-state index in [4.69, 9.17) is 10.5 Å². The van der Waals surface area contributed by atoms with Crippen LogP contribution in [0.15, 0.2) is 72.9 Å². The van der Waals surface area contributed by atoms with Crippen molar-refractivity contribution in [1.29, 1.82) is 0 Å². The zero-order valence-corrected chi connectivity index (χ0v) is 19.5. The molecule has 8 nitrogen and oxygen atoms in total. The van der Waals surface area contributed by atoms with E-state index in [2.05, 4.69) is 15.2 Å². The number of nitrogens with two attached hydrogens (primary N) is 1. The molecule has 3 N–H and O–H groups in total. The van der Waals surface area contributed by atoms with Crippen molar-refractivity contribution in [2.45, 2.75) is 19.4 Å². The van der Waals surface area contributed by atoms with E-state index in [1.165, 1.54) is 0 Å². The van der Waals surface area contributed by atoms with Gasteiger partial charge in [0.05, 0.1) is 16.9 Å². The number of nitrogen functional groups attached to an aromatic ring is 1. The Labute approximate surface area is 204 Å². The predicted molar refractivity (Wildman–Crippen MR) is 135 cm³/mol. The molecule has 3 aromatic rings. The van der Waals surface area contributed by atoms with Crippen LogP contribution in [0.4, 0.5) is 22.0 Å². The molecule has 2 saturated heterocycles. The lowest BCUT2D eigenvalue weighted by atomic mass is 9.72. The van der Waals surface area contributed by atoms with Gasteiger partial charge in [0.15, 0.2) is 0 Å². The fourth-order valence-corrected chi connectivity index (χ4v) is 4.74. The Balaban J connectivity index is 1.09. The first-order valence-corrected chi connectivity index (χ1v) is 11.8. The van der Waals surface area contributed by atoms with E-state index in [-0.39, 0.29) is 17.4 Å². The maximum atomic E-state index is 12.5. The van der Waals surface area contributed by atoms with Crippen LogP contribution in [0.2, 0.25) is 0 Å². The predicted octanol–water partition coefficient (Wildman–Crippen LogP) is 4.16. The summed E-state index contributed by atoms with van der Waals surface area (Å²) < 4.78 is 5.46. The highest BCUT2D eigenvalue weighted by molar-refractivity contribution is 6.05. The van der Waals surface area contributed by atoms with Crippen LogP contribution in [0.3, 0.4) is 0 Å². The van der Waals surface area contributed by atoms with E-state index < -0.39 is 0 Å². The number of para-hydroxylation sites is 2. The number of nitrogens with zero attached hydrogens (tertiary/aromatic N) is 3. The second-order valence-electron chi connectivity index (χ2n) is 9.33. The Bertz CT molecular complexity index is 1180. The quantitative estimate of drug-likeness (QED) is 0.542. The molecular formula is C27H29N5O3. The van der Waals surface area contributed by atoms with E-state index in [1.54, 1.807) is 29.3 Å². The molecule has 0 saturated carbocycles. The van der Waals surface area contributed by atoms with Crippen LogP contribution in [0.5, 0.6) is 0 Å². The third kappa shape index (κ3) is 5.06. The van der Waals surface area contributed by atoms with Crippen LogP contribution in [0.1, 0.15) is 28.8 Å². The Morgan fingerprint density at radius 2 is 1.69 bits per heavy atom. The second kappa shape index (κ2) is 9.66. The van der Waals surface area contributed by atoms with Crippen molar-refractivity contribution in [2.75, 3.05) is 42.1 Å². The molecule has 5 rings (SSSR count). The second-order valence-corrected chi connectivity index (χ2v) is 9.33. The van der Waals surface area contributed by atoms with Crippen LogP contribution < -0.4 is 16.0 Å². The van der Waals surface area contributed by atoms with Gasteiger partial charge in [-0.25, -0.2) is 9.78 Å². The fourth-order valence-electron chi connectivity index (χ4n) is 4.74. The summed E-state index contributed by atoms with van der Waals surface area (Å²) in [5, 5.41) is 2.82. The number of ether oxygens (including phenoxy) is 1. The summed E-state index contributed by atoms with van der Waals surface area (Å²) in [6.45, 7) is 3.51. The van der Waals surface area contributed by atoms with Crippen LogP contribution in [0.25, 0.3) is 0 Å². The molecule has 0 unspecified atom stereocenters. The molecule has 0 bridgehead atoms. The SMILES string of the molecule is Nc1ccccc1NC(=O)c1ccc(N2CCC3(CC2)CN(C(=O)OCc2ccccc2)C3)nc1. The lowest BCUT2D eigenvalue weighted by molar-refractivity contribution is -0.0199. The standard InChI is InChI=1S/C27H29N5O3/c28-22-8-4-5-9-23(22)30-25(33)21-10-11-24(29-16-21)31-14-12-27(13-15-31)18-32(19-27)26(34)35-17-20-6-2-1-3-7-20/h1-11,16H,12-15,17-19,28H2,(H,30,33). The number of nitrogens with one attached hydrogen (secondary N) is 1. The van der Waals surface area contributed by atoms with Crippen LogP contribution in [-0.4, -0.2) is 48.1 Å². The molecule has 0 atom stereocenters. The molecule has 2 aromatic carbocycles. The van der Waals surface area contributed by atoms with Crippen LogP contribution in [-0.2, 0) is 11.3 Å². The van der Waals surface area contributed by atoms with E-state index in [0.29, 0.717) is 23.5 Å². The largest absolute Gasteiger partial charge is 0.445 e. The van der Waals surface area contributed by atoms with Gasteiger partial charge in [-0.3, -0.25) is 4.79 Å². The molecular weight excluding hydrogens is 442 g/mol. The van der Waals surface area contributed by atoms with Crippen molar-refractivity contribution in [3.05, 3.63) is 84.1 Å². The minimum Gasteiger partial charge on any atom is -0.445 e. The van der Waals surface area contributed by atoms with E-state index >= 15 is 0 Å². The van der Waals surface area contributed by atoms with Gasteiger partial charge in [-0.15, -0.1) is 0 Å². The molecule has 0 radical (unpaired) electrons. The summed E-state index contributed by atoms with van der Waals surface area (Å²) in [6.07, 6.45) is 3.34. The maximum absolute atomic E-state index is 12.5. The summed E-state index contributed by atoms with van der Waals surface area (Å²) in [7, 11) is 0. The zero-order valence-electron chi connectivity index (χ0n) is 19.5. The highest BCUT2D eigenvalue weighted by atomic mass is 16.6. The monoisotopic (exact) mass is 471 g/mol. The van der Waals surface area contributed by atoms with Crippen LogP contribution >= 0.6 is 0 Å². The van der Waals surface area contributed by atoms with Crippen molar-refractivity contribution in [2.24, 2.45) is 5.41 Å². The first-order chi connectivity index (χ1) is 17.0. The minimum absolute atomic E-state index is 0.164. The number of hydrogen-bond donors (Lipinski definition) is 2. The minimum atomic E-state index is -0.242. The average molecular weight is 472 g/mol. The van der Waals surface area contributed by atoms with Crippen molar-refractivity contribution < 1.29 is 14.3 Å². The molecule has 1 spiro atoms. The number of carbonyl (C=O) groups excluding carboxylic acids is 2. The number of rotatable bonds is 5.